The molecule has 0 rings (SSSR count). The van der Waals surface area contributed by atoms with Crippen LogP contribution in [0.1, 0.15) is 54.9 Å². The molecule has 0 spiro atoms. The van der Waals surface area contributed by atoms with Crippen LogP contribution >= 0.6 is 0 Å². The number of nitrogens with zero attached hydrogens (tertiary/aromatic N) is 1. The molecule has 112 valence electrons. The first kappa shape index (κ1) is 17.7. The smallest absolute Gasteiger partial charge is 0.434 e. The van der Waals surface area contributed by atoms with Crippen molar-refractivity contribution in [2.24, 2.45) is 0 Å². The summed E-state index contributed by atoms with van der Waals surface area (Å²) in [5.74, 6) is -1.00. The monoisotopic (exact) mass is 275 g/mol. The normalized spacial score (nSPS) is 13.8. The number of hydrogen-bond acceptors (Lipinski definition) is 4. The lowest BCUT2D eigenvalue weighted by Gasteiger charge is -2.34. The van der Waals surface area contributed by atoms with Crippen molar-refractivity contribution in [2.45, 2.75) is 72.1 Å². The molecule has 0 saturated heterocycles. The van der Waals surface area contributed by atoms with E-state index < -0.39 is 29.3 Å². The summed E-state index contributed by atoms with van der Waals surface area (Å²) in [6.45, 7) is 12.1. The van der Waals surface area contributed by atoms with Gasteiger partial charge in [-0.05, 0) is 48.5 Å². The highest BCUT2D eigenvalue weighted by atomic mass is 16.7. The van der Waals surface area contributed by atoms with Crippen LogP contribution in [-0.4, -0.2) is 39.5 Å². The average molecular weight is 275 g/mol. The fourth-order valence-corrected chi connectivity index (χ4v) is 1.24. The number of carbonyl (C=O) groups excluding carboxylic acids is 1. The maximum absolute atomic E-state index is 12.0. The summed E-state index contributed by atoms with van der Waals surface area (Å²) < 4.78 is 5.22. The maximum atomic E-state index is 12.0. The summed E-state index contributed by atoms with van der Waals surface area (Å²) >= 11 is 0. The van der Waals surface area contributed by atoms with Gasteiger partial charge in [-0.3, -0.25) is 9.63 Å². The molecular weight excluding hydrogens is 250 g/mol. The fraction of sp³-hybridized carbons (Fsp3) is 0.846. The number of amides is 1. The van der Waals surface area contributed by atoms with Gasteiger partial charge in [-0.25, -0.2) is 4.79 Å². The van der Waals surface area contributed by atoms with Crippen molar-refractivity contribution in [3.8, 4) is 0 Å². The number of hydrogen-bond donors (Lipinski definition) is 1. The van der Waals surface area contributed by atoms with Crippen molar-refractivity contribution >= 4 is 12.1 Å². The van der Waals surface area contributed by atoms with Crippen LogP contribution < -0.4 is 0 Å². The van der Waals surface area contributed by atoms with Crippen molar-refractivity contribution in [3.05, 3.63) is 0 Å². The zero-order valence-electron chi connectivity index (χ0n) is 12.8. The summed E-state index contributed by atoms with van der Waals surface area (Å²) in [5, 5.41) is 9.81. The first-order valence-electron chi connectivity index (χ1n) is 6.25. The first-order valence-corrected chi connectivity index (χ1v) is 6.25. The summed E-state index contributed by atoms with van der Waals surface area (Å²) in [4.78, 5) is 28.3. The minimum absolute atomic E-state index is 0.213. The summed E-state index contributed by atoms with van der Waals surface area (Å²) in [6, 6.07) is -0.619. The van der Waals surface area contributed by atoms with Crippen LogP contribution in [0.5, 0.6) is 0 Å². The van der Waals surface area contributed by atoms with Gasteiger partial charge in [-0.2, -0.15) is 5.06 Å². The van der Waals surface area contributed by atoms with Gasteiger partial charge in [-0.1, -0.05) is 0 Å². The van der Waals surface area contributed by atoms with Crippen LogP contribution in [0.4, 0.5) is 4.79 Å². The van der Waals surface area contributed by atoms with E-state index in [-0.39, 0.29) is 6.42 Å². The Labute approximate surface area is 114 Å². The zero-order chi connectivity index (χ0) is 15.4. The van der Waals surface area contributed by atoms with E-state index >= 15 is 0 Å². The topological polar surface area (TPSA) is 76.1 Å². The van der Waals surface area contributed by atoms with Gasteiger partial charge in [-0.15, -0.1) is 0 Å². The minimum atomic E-state index is -1.00. The summed E-state index contributed by atoms with van der Waals surface area (Å²) in [6.07, 6.45) is -0.897. The lowest BCUT2D eigenvalue weighted by atomic mass is 10.2. The molecule has 0 heterocycles. The second kappa shape index (κ2) is 6.23. The fourth-order valence-electron chi connectivity index (χ4n) is 1.24. The second-order valence-corrected chi connectivity index (χ2v) is 6.46. The Kier molecular flexibility index (Phi) is 5.81. The standard InChI is InChI=1S/C13H25NO5/c1-9(8-10(15)16)14(19-13(5,6)7)11(17)18-12(2,3)4/h9H,8H2,1-7H3,(H,15,16). The van der Waals surface area contributed by atoms with Crippen LogP contribution in [0.15, 0.2) is 0 Å². The van der Waals surface area contributed by atoms with Crippen LogP contribution in [0.2, 0.25) is 0 Å². The highest BCUT2D eigenvalue weighted by Gasteiger charge is 2.31. The predicted octanol–water partition coefficient (Wildman–Crippen LogP) is 2.82. The molecule has 0 aromatic heterocycles. The molecule has 0 aliphatic heterocycles. The van der Waals surface area contributed by atoms with Crippen molar-refractivity contribution in [3.63, 3.8) is 0 Å². The molecule has 1 amide bonds. The van der Waals surface area contributed by atoms with E-state index in [1.807, 2.05) is 0 Å². The van der Waals surface area contributed by atoms with Crippen LogP contribution in [-0.2, 0) is 14.4 Å². The van der Waals surface area contributed by atoms with E-state index in [1.54, 1.807) is 48.5 Å². The van der Waals surface area contributed by atoms with E-state index in [4.69, 9.17) is 14.7 Å². The van der Waals surface area contributed by atoms with E-state index in [0.717, 1.165) is 5.06 Å². The van der Waals surface area contributed by atoms with Crippen molar-refractivity contribution in [2.75, 3.05) is 0 Å². The van der Waals surface area contributed by atoms with Crippen LogP contribution in [0, 0.1) is 0 Å². The highest BCUT2D eigenvalue weighted by molar-refractivity contribution is 5.70. The number of aliphatic carboxylic acids is 1. The third-order valence-corrected chi connectivity index (χ3v) is 1.82. The Morgan fingerprint density at radius 3 is 1.89 bits per heavy atom. The van der Waals surface area contributed by atoms with E-state index in [9.17, 15) is 9.59 Å². The summed E-state index contributed by atoms with van der Waals surface area (Å²) in [5.41, 5.74) is -1.29. The first-order chi connectivity index (χ1) is 8.32. The molecule has 1 unspecified atom stereocenters. The van der Waals surface area contributed by atoms with Gasteiger partial charge < -0.3 is 9.84 Å². The van der Waals surface area contributed by atoms with Crippen molar-refractivity contribution in [1.82, 2.24) is 5.06 Å². The van der Waals surface area contributed by atoms with Gasteiger partial charge in [0.05, 0.1) is 18.1 Å². The molecule has 0 radical (unpaired) electrons. The molecule has 1 atom stereocenters. The SMILES string of the molecule is CC(CC(=O)O)N(OC(C)(C)C)C(=O)OC(C)(C)C. The Bertz CT molecular complexity index is 327. The number of hydroxylamine groups is 2. The Balaban J connectivity index is 4.95. The van der Waals surface area contributed by atoms with Gasteiger partial charge in [0.15, 0.2) is 0 Å². The molecule has 0 aromatic rings. The van der Waals surface area contributed by atoms with Gasteiger partial charge in [0.2, 0.25) is 0 Å². The lowest BCUT2D eigenvalue weighted by molar-refractivity contribution is -0.229. The number of ether oxygens (including phenoxy) is 1. The predicted molar refractivity (Wildman–Crippen MR) is 70.6 cm³/mol. The number of rotatable bonds is 4. The molecular formula is C13H25NO5. The van der Waals surface area contributed by atoms with E-state index in [0.29, 0.717) is 0 Å². The number of carboxylic acids is 1. The van der Waals surface area contributed by atoms with Gasteiger partial charge in [0.25, 0.3) is 0 Å². The molecule has 6 heteroatoms. The molecule has 0 saturated carbocycles. The van der Waals surface area contributed by atoms with Crippen LogP contribution in [0.25, 0.3) is 0 Å². The molecule has 6 nitrogen and oxygen atoms in total. The number of carbonyl (C=O) groups is 2. The molecule has 19 heavy (non-hydrogen) atoms. The molecule has 0 aliphatic carbocycles. The summed E-state index contributed by atoms with van der Waals surface area (Å²) in [7, 11) is 0. The molecule has 1 N–H and O–H groups in total. The minimum Gasteiger partial charge on any atom is -0.481 e. The Morgan fingerprint density at radius 1 is 1.11 bits per heavy atom. The van der Waals surface area contributed by atoms with Gasteiger partial charge in [0, 0.05) is 0 Å². The quantitative estimate of drug-likeness (QED) is 0.798. The second-order valence-electron chi connectivity index (χ2n) is 6.46. The number of carboxylic acid groups (broad SMARTS) is 1. The highest BCUT2D eigenvalue weighted by Crippen LogP contribution is 2.19. The lowest BCUT2D eigenvalue weighted by Crippen LogP contribution is -2.46. The molecule has 0 fully saturated rings. The van der Waals surface area contributed by atoms with E-state index in [2.05, 4.69) is 0 Å². The zero-order valence-corrected chi connectivity index (χ0v) is 12.8. The largest absolute Gasteiger partial charge is 0.481 e. The molecule has 0 aliphatic rings. The third kappa shape index (κ3) is 8.42. The molecule has 0 aromatic carbocycles. The van der Waals surface area contributed by atoms with Crippen LogP contribution in [0.3, 0.4) is 0 Å². The third-order valence-electron chi connectivity index (χ3n) is 1.82. The van der Waals surface area contributed by atoms with Crippen molar-refractivity contribution in [1.29, 1.82) is 0 Å². The maximum Gasteiger partial charge on any atom is 0.434 e. The van der Waals surface area contributed by atoms with Gasteiger partial charge >= 0.3 is 12.1 Å². The Hall–Kier alpha value is -1.30. The Morgan fingerprint density at radius 2 is 1.58 bits per heavy atom. The average Bonchev–Trinajstić information content (AvgIpc) is 2.08. The molecule has 0 bridgehead atoms. The van der Waals surface area contributed by atoms with E-state index in [1.165, 1.54) is 0 Å². The van der Waals surface area contributed by atoms with Crippen molar-refractivity contribution < 1.29 is 24.3 Å². The van der Waals surface area contributed by atoms with Gasteiger partial charge in [0.1, 0.15) is 5.60 Å².